The second kappa shape index (κ2) is 6.98. The van der Waals surface area contributed by atoms with Gasteiger partial charge in [0.2, 0.25) is 0 Å². The molecule has 0 amide bonds. The normalized spacial score (nSPS) is 20.6. The zero-order valence-corrected chi connectivity index (χ0v) is 9.26. The summed E-state index contributed by atoms with van der Waals surface area (Å²) in [5, 5.41) is 6.72. The van der Waals surface area contributed by atoms with Crippen molar-refractivity contribution in [3.63, 3.8) is 0 Å². The molecule has 0 bridgehead atoms. The third-order valence-electron chi connectivity index (χ3n) is 2.80. The van der Waals surface area contributed by atoms with Crippen LogP contribution in [0.15, 0.2) is 12.7 Å². The smallest absolute Gasteiger partial charge is 0.0132 e. The van der Waals surface area contributed by atoms with Crippen LogP contribution in [-0.2, 0) is 0 Å². The molecule has 1 saturated heterocycles. The Morgan fingerprint density at radius 3 is 2.86 bits per heavy atom. The Hall–Kier alpha value is -0.380. The number of nitrogens with zero attached hydrogens (tertiary/aromatic N) is 1. The van der Waals surface area contributed by atoms with Crippen LogP contribution in [0.1, 0.15) is 13.3 Å². The fourth-order valence-electron chi connectivity index (χ4n) is 1.82. The molecule has 1 unspecified atom stereocenters. The van der Waals surface area contributed by atoms with Gasteiger partial charge >= 0.3 is 0 Å². The SMILES string of the molecule is C=CCNCCC(C)N1CCNCC1. The van der Waals surface area contributed by atoms with E-state index >= 15 is 0 Å². The molecule has 1 rings (SSSR count). The Morgan fingerprint density at radius 2 is 2.21 bits per heavy atom. The van der Waals surface area contributed by atoms with Crippen LogP contribution in [0.5, 0.6) is 0 Å². The summed E-state index contributed by atoms with van der Waals surface area (Å²) in [6.45, 7) is 12.7. The highest BCUT2D eigenvalue weighted by molar-refractivity contribution is 4.75. The molecule has 1 heterocycles. The van der Waals surface area contributed by atoms with Gasteiger partial charge in [0.15, 0.2) is 0 Å². The maximum Gasteiger partial charge on any atom is 0.0132 e. The molecule has 0 aliphatic carbocycles. The van der Waals surface area contributed by atoms with Crippen LogP contribution in [0.2, 0.25) is 0 Å². The first-order valence-corrected chi connectivity index (χ1v) is 5.61. The molecule has 0 spiro atoms. The predicted molar refractivity (Wildman–Crippen MR) is 61.6 cm³/mol. The fourth-order valence-corrected chi connectivity index (χ4v) is 1.82. The van der Waals surface area contributed by atoms with Crippen molar-refractivity contribution in [2.45, 2.75) is 19.4 Å². The van der Waals surface area contributed by atoms with Gasteiger partial charge in [-0.3, -0.25) is 4.90 Å². The molecule has 0 aromatic carbocycles. The number of rotatable bonds is 6. The molecule has 0 saturated carbocycles. The van der Waals surface area contributed by atoms with Crippen molar-refractivity contribution < 1.29 is 0 Å². The Labute approximate surface area is 87.6 Å². The molecular formula is C11H23N3. The first-order valence-electron chi connectivity index (χ1n) is 5.61. The third-order valence-corrected chi connectivity index (χ3v) is 2.80. The van der Waals surface area contributed by atoms with Gasteiger partial charge in [0.25, 0.3) is 0 Å². The summed E-state index contributed by atoms with van der Waals surface area (Å²) in [5.74, 6) is 0. The van der Waals surface area contributed by atoms with E-state index in [4.69, 9.17) is 0 Å². The van der Waals surface area contributed by atoms with Gasteiger partial charge < -0.3 is 10.6 Å². The third kappa shape index (κ3) is 4.22. The Balaban J connectivity index is 2.06. The summed E-state index contributed by atoms with van der Waals surface area (Å²) in [6.07, 6.45) is 3.14. The summed E-state index contributed by atoms with van der Waals surface area (Å²) < 4.78 is 0. The molecular weight excluding hydrogens is 174 g/mol. The average molecular weight is 197 g/mol. The Morgan fingerprint density at radius 1 is 1.50 bits per heavy atom. The maximum absolute atomic E-state index is 3.69. The minimum atomic E-state index is 0.703. The highest BCUT2D eigenvalue weighted by atomic mass is 15.2. The van der Waals surface area contributed by atoms with Gasteiger partial charge in [-0.2, -0.15) is 0 Å². The number of hydrogen-bond donors (Lipinski definition) is 2. The van der Waals surface area contributed by atoms with Gasteiger partial charge in [-0.1, -0.05) is 6.08 Å². The van der Waals surface area contributed by atoms with E-state index < -0.39 is 0 Å². The molecule has 1 fully saturated rings. The molecule has 3 nitrogen and oxygen atoms in total. The van der Waals surface area contributed by atoms with Gasteiger partial charge in [-0.15, -0.1) is 6.58 Å². The fraction of sp³-hybridized carbons (Fsp3) is 0.818. The lowest BCUT2D eigenvalue weighted by Gasteiger charge is -2.32. The molecule has 0 aromatic heterocycles. The molecule has 14 heavy (non-hydrogen) atoms. The van der Waals surface area contributed by atoms with Gasteiger partial charge in [0, 0.05) is 38.8 Å². The van der Waals surface area contributed by atoms with Crippen molar-refractivity contribution in [2.75, 3.05) is 39.3 Å². The lowest BCUT2D eigenvalue weighted by Crippen LogP contribution is -2.48. The van der Waals surface area contributed by atoms with Crippen molar-refractivity contribution in [1.29, 1.82) is 0 Å². The van der Waals surface area contributed by atoms with Gasteiger partial charge in [0.1, 0.15) is 0 Å². The molecule has 1 aliphatic heterocycles. The molecule has 1 atom stereocenters. The standard InChI is InChI=1S/C11H23N3/c1-3-5-12-6-4-11(2)14-9-7-13-8-10-14/h3,11-13H,1,4-10H2,2H3. The zero-order chi connectivity index (χ0) is 10.2. The monoisotopic (exact) mass is 197 g/mol. The molecule has 0 radical (unpaired) electrons. The largest absolute Gasteiger partial charge is 0.314 e. The maximum atomic E-state index is 3.69. The average Bonchev–Trinajstić information content (AvgIpc) is 2.25. The number of hydrogen-bond acceptors (Lipinski definition) is 3. The minimum Gasteiger partial charge on any atom is -0.314 e. The lowest BCUT2D eigenvalue weighted by molar-refractivity contribution is 0.176. The molecule has 2 N–H and O–H groups in total. The van der Waals surface area contributed by atoms with Crippen molar-refractivity contribution in [1.82, 2.24) is 15.5 Å². The van der Waals surface area contributed by atoms with E-state index in [1.54, 1.807) is 0 Å². The van der Waals surface area contributed by atoms with Crippen LogP contribution in [-0.4, -0.2) is 50.2 Å². The van der Waals surface area contributed by atoms with E-state index in [1.807, 2.05) is 6.08 Å². The predicted octanol–water partition coefficient (Wildman–Crippen LogP) is 0.446. The Kier molecular flexibility index (Phi) is 5.83. The van der Waals surface area contributed by atoms with Crippen LogP contribution in [0.25, 0.3) is 0 Å². The first kappa shape index (κ1) is 11.7. The summed E-state index contributed by atoms with van der Waals surface area (Å²) in [6, 6.07) is 0.703. The van der Waals surface area contributed by atoms with Crippen molar-refractivity contribution in [3.8, 4) is 0 Å². The second-order valence-electron chi connectivity index (χ2n) is 3.92. The first-order chi connectivity index (χ1) is 6.84. The van der Waals surface area contributed by atoms with Crippen LogP contribution < -0.4 is 10.6 Å². The van der Waals surface area contributed by atoms with Gasteiger partial charge in [0.05, 0.1) is 0 Å². The van der Waals surface area contributed by atoms with Crippen LogP contribution >= 0.6 is 0 Å². The van der Waals surface area contributed by atoms with E-state index in [0.29, 0.717) is 6.04 Å². The summed E-state index contributed by atoms with van der Waals surface area (Å²) >= 11 is 0. The molecule has 3 heteroatoms. The summed E-state index contributed by atoms with van der Waals surface area (Å²) in [4.78, 5) is 2.56. The van der Waals surface area contributed by atoms with E-state index in [-0.39, 0.29) is 0 Å². The topological polar surface area (TPSA) is 27.3 Å². The summed E-state index contributed by atoms with van der Waals surface area (Å²) in [5.41, 5.74) is 0. The molecule has 1 aliphatic rings. The van der Waals surface area contributed by atoms with Gasteiger partial charge in [-0.25, -0.2) is 0 Å². The Bertz CT molecular complexity index is 153. The second-order valence-corrected chi connectivity index (χ2v) is 3.92. The van der Waals surface area contributed by atoms with Crippen molar-refractivity contribution in [3.05, 3.63) is 12.7 Å². The van der Waals surface area contributed by atoms with Crippen molar-refractivity contribution >= 4 is 0 Å². The van der Waals surface area contributed by atoms with E-state index in [2.05, 4.69) is 29.0 Å². The van der Waals surface area contributed by atoms with E-state index in [0.717, 1.165) is 26.2 Å². The van der Waals surface area contributed by atoms with Crippen LogP contribution in [0.4, 0.5) is 0 Å². The molecule has 0 aromatic rings. The molecule has 82 valence electrons. The van der Waals surface area contributed by atoms with Gasteiger partial charge in [-0.05, 0) is 19.9 Å². The number of nitrogens with one attached hydrogen (secondary N) is 2. The lowest BCUT2D eigenvalue weighted by atomic mass is 10.2. The quantitative estimate of drug-likeness (QED) is 0.478. The van der Waals surface area contributed by atoms with Crippen LogP contribution in [0.3, 0.4) is 0 Å². The zero-order valence-electron chi connectivity index (χ0n) is 9.26. The highest BCUT2D eigenvalue weighted by Gasteiger charge is 2.15. The number of piperazine rings is 1. The van der Waals surface area contributed by atoms with Crippen LogP contribution in [0, 0.1) is 0 Å². The minimum absolute atomic E-state index is 0.703. The van der Waals surface area contributed by atoms with E-state index in [1.165, 1.54) is 19.5 Å². The highest BCUT2D eigenvalue weighted by Crippen LogP contribution is 2.03. The van der Waals surface area contributed by atoms with Crippen molar-refractivity contribution in [2.24, 2.45) is 0 Å². The summed E-state index contributed by atoms with van der Waals surface area (Å²) in [7, 11) is 0. The van der Waals surface area contributed by atoms with E-state index in [9.17, 15) is 0 Å².